The molecule has 0 fully saturated rings. The SMILES string of the molecule is COC(=O)c1nn(-c2nccc(C#N)c2Cl)cc1N. The highest BCUT2D eigenvalue weighted by atomic mass is 35.5. The van der Waals surface area contributed by atoms with Crippen molar-refractivity contribution in [1.29, 1.82) is 5.26 Å². The number of anilines is 1. The molecule has 8 heteroatoms. The van der Waals surface area contributed by atoms with Gasteiger partial charge in [0.2, 0.25) is 0 Å². The average Bonchev–Trinajstić information content (AvgIpc) is 2.80. The molecule has 0 spiro atoms. The Balaban J connectivity index is 2.55. The number of esters is 1. The first-order valence-corrected chi connectivity index (χ1v) is 5.44. The number of aromatic nitrogens is 3. The average molecular weight is 278 g/mol. The van der Waals surface area contributed by atoms with Crippen molar-refractivity contribution < 1.29 is 9.53 Å². The lowest BCUT2D eigenvalue weighted by Gasteiger charge is -2.03. The van der Waals surface area contributed by atoms with Gasteiger partial charge >= 0.3 is 5.97 Å². The van der Waals surface area contributed by atoms with E-state index in [0.717, 1.165) is 0 Å². The van der Waals surface area contributed by atoms with Gasteiger partial charge in [-0.2, -0.15) is 10.4 Å². The maximum Gasteiger partial charge on any atom is 0.360 e. The highest BCUT2D eigenvalue weighted by Crippen LogP contribution is 2.23. The number of hydrogen-bond acceptors (Lipinski definition) is 6. The van der Waals surface area contributed by atoms with Gasteiger partial charge in [-0.3, -0.25) is 0 Å². The first kappa shape index (κ1) is 12.9. The molecule has 0 unspecified atom stereocenters. The quantitative estimate of drug-likeness (QED) is 0.826. The van der Waals surface area contributed by atoms with Crippen LogP contribution in [0, 0.1) is 11.3 Å². The first-order valence-electron chi connectivity index (χ1n) is 5.07. The van der Waals surface area contributed by atoms with Gasteiger partial charge < -0.3 is 10.5 Å². The fraction of sp³-hybridized carbons (Fsp3) is 0.0909. The van der Waals surface area contributed by atoms with E-state index in [-0.39, 0.29) is 27.8 Å². The van der Waals surface area contributed by atoms with Crippen LogP contribution in [0.25, 0.3) is 5.82 Å². The molecule has 0 saturated carbocycles. The van der Waals surface area contributed by atoms with Gasteiger partial charge in [0.15, 0.2) is 11.5 Å². The molecule has 2 aromatic rings. The number of carbonyl (C=O) groups excluding carboxylic acids is 1. The topological polar surface area (TPSA) is 107 Å². The van der Waals surface area contributed by atoms with Gasteiger partial charge in [-0.1, -0.05) is 11.6 Å². The molecular weight excluding hydrogens is 270 g/mol. The summed E-state index contributed by atoms with van der Waals surface area (Å²) in [5.74, 6) is -0.452. The minimum Gasteiger partial charge on any atom is -0.464 e. The van der Waals surface area contributed by atoms with Crippen LogP contribution in [0.3, 0.4) is 0 Å². The summed E-state index contributed by atoms with van der Waals surface area (Å²) in [7, 11) is 1.22. The van der Waals surface area contributed by atoms with E-state index >= 15 is 0 Å². The van der Waals surface area contributed by atoms with Crippen LogP contribution in [0.4, 0.5) is 5.69 Å². The molecule has 0 aromatic carbocycles. The molecule has 0 amide bonds. The summed E-state index contributed by atoms with van der Waals surface area (Å²) in [5.41, 5.74) is 6.00. The number of nitrogen functional groups attached to an aromatic ring is 1. The second-order valence-corrected chi connectivity index (χ2v) is 3.86. The van der Waals surface area contributed by atoms with Gasteiger partial charge in [-0.25, -0.2) is 14.5 Å². The van der Waals surface area contributed by atoms with Crippen LogP contribution in [0.15, 0.2) is 18.5 Å². The van der Waals surface area contributed by atoms with Crippen LogP contribution in [-0.2, 0) is 4.74 Å². The molecule has 2 N–H and O–H groups in total. The van der Waals surface area contributed by atoms with Crippen molar-refractivity contribution in [3.8, 4) is 11.9 Å². The van der Waals surface area contributed by atoms with E-state index in [1.807, 2.05) is 6.07 Å². The van der Waals surface area contributed by atoms with E-state index in [1.54, 1.807) is 0 Å². The largest absolute Gasteiger partial charge is 0.464 e. The Labute approximate surface area is 113 Å². The van der Waals surface area contributed by atoms with Crippen LogP contribution >= 0.6 is 11.6 Å². The van der Waals surface area contributed by atoms with Crippen molar-refractivity contribution in [3.63, 3.8) is 0 Å². The van der Waals surface area contributed by atoms with Crippen LogP contribution in [0.2, 0.25) is 5.02 Å². The van der Waals surface area contributed by atoms with Gasteiger partial charge in [0.25, 0.3) is 0 Å². The molecule has 0 radical (unpaired) electrons. The molecule has 0 bridgehead atoms. The standard InChI is InChI=1S/C11H8ClN5O2/c1-19-11(18)9-7(14)5-17(16-9)10-8(12)6(4-13)2-3-15-10/h2-3,5H,14H2,1H3. The molecule has 2 aromatic heterocycles. The Morgan fingerprint density at radius 2 is 2.37 bits per heavy atom. The van der Waals surface area contributed by atoms with Crippen molar-refractivity contribution in [3.05, 3.63) is 34.7 Å². The van der Waals surface area contributed by atoms with Crippen molar-refractivity contribution >= 4 is 23.3 Å². The molecular formula is C11H8ClN5O2. The van der Waals surface area contributed by atoms with E-state index in [9.17, 15) is 4.79 Å². The first-order chi connectivity index (χ1) is 9.08. The number of pyridine rings is 1. The summed E-state index contributed by atoms with van der Waals surface area (Å²) in [6.07, 6.45) is 2.79. The van der Waals surface area contributed by atoms with Crippen LogP contribution < -0.4 is 5.73 Å². The second-order valence-electron chi connectivity index (χ2n) is 3.48. The Morgan fingerprint density at radius 1 is 1.63 bits per heavy atom. The minimum absolute atomic E-state index is 0.0391. The van der Waals surface area contributed by atoms with E-state index in [4.69, 9.17) is 22.6 Å². The van der Waals surface area contributed by atoms with Gasteiger partial charge in [0, 0.05) is 6.20 Å². The van der Waals surface area contributed by atoms with Crippen LogP contribution in [0.1, 0.15) is 16.1 Å². The number of carbonyl (C=O) groups is 1. The van der Waals surface area contributed by atoms with Crippen LogP contribution in [-0.4, -0.2) is 27.8 Å². The number of hydrogen-bond donors (Lipinski definition) is 1. The lowest BCUT2D eigenvalue weighted by atomic mass is 10.3. The lowest BCUT2D eigenvalue weighted by Crippen LogP contribution is -2.06. The summed E-state index contributed by atoms with van der Waals surface area (Å²) in [6, 6.07) is 3.40. The predicted molar refractivity (Wildman–Crippen MR) is 66.8 cm³/mol. The molecule has 0 saturated heterocycles. The molecule has 0 atom stereocenters. The second kappa shape index (κ2) is 4.96. The van der Waals surface area contributed by atoms with E-state index in [2.05, 4.69) is 14.8 Å². The van der Waals surface area contributed by atoms with Gasteiger partial charge in [-0.05, 0) is 6.07 Å². The third-order valence-electron chi connectivity index (χ3n) is 2.33. The highest BCUT2D eigenvalue weighted by molar-refractivity contribution is 6.33. The lowest BCUT2D eigenvalue weighted by molar-refractivity contribution is 0.0594. The van der Waals surface area contributed by atoms with Gasteiger partial charge in [0.05, 0.1) is 24.6 Å². The Bertz CT molecular complexity index is 689. The fourth-order valence-corrected chi connectivity index (χ4v) is 1.67. The molecule has 2 rings (SSSR count). The highest BCUT2D eigenvalue weighted by Gasteiger charge is 2.18. The monoisotopic (exact) mass is 277 g/mol. The summed E-state index contributed by atoms with van der Waals surface area (Å²) in [6.45, 7) is 0. The third-order valence-corrected chi connectivity index (χ3v) is 2.70. The van der Waals surface area contributed by atoms with Crippen LogP contribution in [0.5, 0.6) is 0 Å². The number of nitrogens with two attached hydrogens (primary N) is 1. The Hall–Kier alpha value is -2.59. The van der Waals surface area contributed by atoms with Gasteiger partial charge in [-0.15, -0.1) is 0 Å². The van der Waals surface area contributed by atoms with E-state index in [1.165, 1.54) is 30.3 Å². The molecule has 0 aliphatic rings. The van der Waals surface area contributed by atoms with Crippen molar-refractivity contribution in [2.75, 3.05) is 12.8 Å². The number of methoxy groups -OCH3 is 1. The molecule has 19 heavy (non-hydrogen) atoms. The normalized spacial score (nSPS) is 9.95. The number of ether oxygens (including phenoxy) is 1. The number of halogens is 1. The zero-order valence-electron chi connectivity index (χ0n) is 9.79. The summed E-state index contributed by atoms with van der Waals surface area (Å²) >= 11 is 6.02. The molecule has 0 aliphatic carbocycles. The maximum atomic E-state index is 11.4. The van der Waals surface area contributed by atoms with E-state index < -0.39 is 5.97 Å². The van der Waals surface area contributed by atoms with Crippen molar-refractivity contribution in [2.45, 2.75) is 0 Å². The zero-order chi connectivity index (χ0) is 14.0. The molecule has 0 aliphatic heterocycles. The fourth-order valence-electron chi connectivity index (χ4n) is 1.43. The summed E-state index contributed by atoms with van der Waals surface area (Å²) in [5, 5.41) is 13.0. The van der Waals surface area contributed by atoms with E-state index in [0.29, 0.717) is 0 Å². The Kier molecular flexibility index (Phi) is 3.35. The van der Waals surface area contributed by atoms with Crippen molar-refractivity contribution in [1.82, 2.24) is 14.8 Å². The minimum atomic E-state index is -0.663. The Morgan fingerprint density at radius 3 is 3.00 bits per heavy atom. The molecule has 2 heterocycles. The predicted octanol–water partition coefficient (Wildman–Crippen LogP) is 1.16. The number of rotatable bonds is 2. The summed E-state index contributed by atoms with van der Waals surface area (Å²) < 4.78 is 5.77. The smallest absolute Gasteiger partial charge is 0.360 e. The van der Waals surface area contributed by atoms with Crippen molar-refractivity contribution in [2.24, 2.45) is 0 Å². The number of nitriles is 1. The summed E-state index contributed by atoms with van der Waals surface area (Å²) in [4.78, 5) is 15.4. The molecule has 96 valence electrons. The zero-order valence-corrected chi connectivity index (χ0v) is 10.5. The maximum absolute atomic E-state index is 11.4. The number of nitrogens with zero attached hydrogens (tertiary/aromatic N) is 4. The third kappa shape index (κ3) is 2.21. The van der Waals surface area contributed by atoms with Gasteiger partial charge in [0.1, 0.15) is 11.1 Å². The molecule has 7 nitrogen and oxygen atoms in total.